The SMILES string of the molecule is O=C(CC[C@@H]1OC(=O)N2c3ccc(N4CCOCC4=O)cc3OC[C@@H]12)Cc1ccc(Cl)s1. The van der Waals surface area contributed by atoms with Crippen molar-refractivity contribution in [1.82, 2.24) is 0 Å². The molecule has 10 heteroatoms. The highest BCUT2D eigenvalue weighted by Gasteiger charge is 2.46. The summed E-state index contributed by atoms with van der Waals surface area (Å²) in [6, 6.07) is 8.68. The van der Waals surface area contributed by atoms with Crippen LogP contribution in [0.1, 0.15) is 17.7 Å². The zero-order chi connectivity index (χ0) is 22.2. The minimum Gasteiger partial charge on any atom is -0.489 e. The Labute approximate surface area is 193 Å². The summed E-state index contributed by atoms with van der Waals surface area (Å²) in [5.41, 5.74) is 1.32. The molecule has 0 unspecified atom stereocenters. The van der Waals surface area contributed by atoms with Crippen LogP contribution in [0.15, 0.2) is 30.3 Å². The number of rotatable bonds is 6. The lowest BCUT2D eigenvalue weighted by Crippen LogP contribution is -2.45. The van der Waals surface area contributed by atoms with Crippen molar-refractivity contribution in [2.75, 3.05) is 36.2 Å². The smallest absolute Gasteiger partial charge is 0.415 e. The van der Waals surface area contributed by atoms with E-state index in [2.05, 4.69) is 0 Å². The van der Waals surface area contributed by atoms with Gasteiger partial charge in [0.25, 0.3) is 5.91 Å². The molecule has 0 bridgehead atoms. The van der Waals surface area contributed by atoms with E-state index in [-0.39, 0.29) is 30.9 Å². The Hall–Kier alpha value is -2.62. The molecular formula is C22H21ClN2O6S. The minimum absolute atomic E-state index is 0.0540. The fourth-order valence-electron chi connectivity index (χ4n) is 4.26. The lowest BCUT2D eigenvalue weighted by Gasteiger charge is -2.33. The number of hydrogen-bond donors (Lipinski definition) is 0. The Morgan fingerprint density at radius 2 is 2.09 bits per heavy atom. The van der Waals surface area contributed by atoms with Gasteiger partial charge in [-0.1, -0.05) is 11.6 Å². The molecule has 0 aliphatic carbocycles. The molecule has 0 spiro atoms. The summed E-state index contributed by atoms with van der Waals surface area (Å²) >= 11 is 7.32. The number of halogens is 1. The second kappa shape index (κ2) is 8.73. The molecule has 0 radical (unpaired) electrons. The number of morpholine rings is 1. The van der Waals surface area contributed by atoms with E-state index < -0.39 is 12.2 Å². The van der Waals surface area contributed by atoms with Gasteiger partial charge in [-0.2, -0.15) is 0 Å². The van der Waals surface area contributed by atoms with Crippen molar-refractivity contribution in [3.05, 3.63) is 39.5 Å². The van der Waals surface area contributed by atoms with Gasteiger partial charge in [0.05, 0.1) is 16.6 Å². The number of Topliss-reactive ketones (excluding diaryl/α,β-unsaturated/α-hetero) is 1. The maximum Gasteiger partial charge on any atom is 0.415 e. The molecule has 2 saturated heterocycles. The van der Waals surface area contributed by atoms with Gasteiger partial charge in [0.1, 0.15) is 36.9 Å². The van der Waals surface area contributed by atoms with Crippen LogP contribution in [0.3, 0.4) is 0 Å². The predicted molar refractivity (Wildman–Crippen MR) is 119 cm³/mol. The first-order valence-corrected chi connectivity index (χ1v) is 11.6. The number of carbonyl (C=O) groups is 3. The Morgan fingerprint density at radius 3 is 2.88 bits per heavy atom. The summed E-state index contributed by atoms with van der Waals surface area (Å²) in [4.78, 5) is 41.3. The molecule has 168 valence electrons. The molecule has 3 aliphatic heterocycles. The average molecular weight is 477 g/mol. The zero-order valence-corrected chi connectivity index (χ0v) is 18.7. The second-order valence-electron chi connectivity index (χ2n) is 7.88. The van der Waals surface area contributed by atoms with Crippen LogP contribution in [0, 0.1) is 0 Å². The maximum atomic E-state index is 12.6. The first kappa shape index (κ1) is 21.2. The van der Waals surface area contributed by atoms with Gasteiger partial charge in [0, 0.05) is 36.0 Å². The molecule has 2 fully saturated rings. The summed E-state index contributed by atoms with van der Waals surface area (Å²) in [6.45, 7) is 1.26. The molecule has 2 atom stereocenters. The van der Waals surface area contributed by atoms with Gasteiger partial charge in [0.2, 0.25) is 0 Å². The van der Waals surface area contributed by atoms with Gasteiger partial charge in [-0.15, -0.1) is 11.3 Å². The average Bonchev–Trinajstić information content (AvgIpc) is 3.34. The molecule has 0 saturated carbocycles. The minimum atomic E-state index is -0.447. The van der Waals surface area contributed by atoms with E-state index in [4.69, 9.17) is 25.8 Å². The van der Waals surface area contributed by atoms with E-state index in [1.54, 1.807) is 34.1 Å². The number of anilines is 2. The first-order chi connectivity index (χ1) is 15.5. The van der Waals surface area contributed by atoms with Crippen LogP contribution < -0.4 is 14.5 Å². The summed E-state index contributed by atoms with van der Waals surface area (Å²) in [6.07, 6.45) is 0.200. The number of ether oxygens (including phenoxy) is 3. The van der Waals surface area contributed by atoms with Crippen LogP contribution in [0.2, 0.25) is 4.34 Å². The summed E-state index contributed by atoms with van der Waals surface area (Å²) < 4.78 is 17.4. The third kappa shape index (κ3) is 4.07. The number of hydrogen-bond acceptors (Lipinski definition) is 7. The lowest BCUT2D eigenvalue weighted by atomic mass is 10.0. The van der Waals surface area contributed by atoms with Crippen molar-refractivity contribution >= 4 is 52.1 Å². The van der Waals surface area contributed by atoms with Gasteiger partial charge < -0.3 is 19.1 Å². The van der Waals surface area contributed by atoms with E-state index in [9.17, 15) is 14.4 Å². The largest absolute Gasteiger partial charge is 0.489 e. The third-order valence-electron chi connectivity index (χ3n) is 5.83. The van der Waals surface area contributed by atoms with Crippen molar-refractivity contribution in [1.29, 1.82) is 0 Å². The Balaban J connectivity index is 1.26. The normalized spacial score (nSPS) is 22.3. The highest BCUT2D eigenvalue weighted by Crippen LogP contribution is 2.41. The topological polar surface area (TPSA) is 85.4 Å². The lowest BCUT2D eigenvalue weighted by molar-refractivity contribution is -0.125. The zero-order valence-electron chi connectivity index (χ0n) is 17.1. The van der Waals surface area contributed by atoms with Gasteiger partial charge in [0.15, 0.2) is 0 Å². The van der Waals surface area contributed by atoms with Crippen LogP contribution in [-0.4, -0.2) is 56.3 Å². The van der Waals surface area contributed by atoms with E-state index in [0.29, 0.717) is 53.9 Å². The molecule has 2 amide bonds. The van der Waals surface area contributed by atoms with Crippen molar-refractivity contribution < 1.29 is 28.6 Å². The predicted octanol–water partition coefficient (Wildman–Crippen LogP) is 3.44. The van der Waals surface area contributed by atoms with Crippen LogP contribution >= 0.6 is 22.9 Å². The summed E-state index contributed by atoms with van der Waals surface area (Å²) in [5, 5.41) is 0. The standard InChI is InChI=1S/C22H21ClN2O6S/c23-20-6-3-15(32-20)10-14(26)2-5-18-17-11-30-19-9-13(24-7-8-29-12-21(24)27)1-4-16(19)25(17)22(28)31-18/h1,3-4,6,9,17-18H,2,5,7-8,10-12H2/t17-,18-/m0/s1. The number of amides is 2. The highest BCUT2D eigenvalue weighted by molar-refractivity contribution is 7.16. The highest BCUT2D eigenvalue weighted by atomic mass is 35.5. The third-order valence-corrected chi connectivity index (χ3v) is 7.06. The van der Waals surface area contributed by atoms with Crippen LogP contribution in [0.5, 0.6) is 5.75 Å². The molecule has 0 N–H and O–H groups in total. The number of benzene rings is 1. The molecule has 5 rings (SSSR count). The number of carbonyl (C=O) groups excluding carboxylic acids is 3. The molecule has 1 aromatic carbocycles. The molecule has 32 heavy (non-hydrogen) atoms. The number of cyclic esters (lactones) is 1. The van der Waals surface area contributed by atoms with E-state index in [0.717, 1.165) is 4.88 Å². The van der Waals surface area contributed by atoms with Crippen LogP contribution in [0.25, 0.3) is 0 Å². The summed E-state index contributed by atoms with van der Waals surface area (Å²) in [5.74, 6) is 0.497. The van der Waals surface area contributed by atoms with Crippen molar-refractivity contribution in [3.8, 4) is 5.75 Å². The van der Waals surface area contributed by atoms with Crippen molar-refractivity contribution in [3.63, 3.8) is 0 Å². The molecule has 4 heterocycles. The second-order valence-corrected chi connectivity index (χ2v) is 9.68. The maximum absolute atomic E-state index is 12.6. The quantitative estimate of drug-likeness (QED) is 0.635. The fraction of sp³-hybridized carbons (Fsp3) is 0.409. The Kier molecular flexibility index (Phi) is 5.79. The van der Waals surface area contributed by atoms with Gasteiger partial charge in [-0.05, 0) is 30.7 Å². The van der Waals surface area contributed by atoms with Crippen molar-refractivity contribution in [2.45, 2.75) is 31.4 Å². The van der Waals surface area contributed by atoms with Crippen LogP contribution in [-0.2, 0) is 25.5 Å². The molecule has 2 aromatic rings. The monoisotopic (exact) mass is 476 g/mol. The molecule has 8 nitrogen and oxygen atoms in total. The van der Waals surface area contributed by atoms with E-state index in [1.807, 2.05) is 6.07 Å². The molecular weight excluding hydrogens is 456 g/mol. The fourth-order valence-corrected chi connectivity index (χ4v) is 5.38. The van der Waals surface area contributed by atoms with Gasteiger partial charge in [-0.25, -0.2) is 4.79 Å². The first-order valence-electron chi connectivity index (χ1n) is 10.4. The number of thiophene rings is 1. The molecule has 1 aromatic heterocycles. The van der Waals surface area contributed by atoms with E-state index >= 15 is 0 Å². The van der Waals surface area contributed by atoms with Crippen molar-refractivity contribution in [2.24, 2.45) is 0 Å². The number of nitrogens with zero attached hydrogens (tertiary/aromatic N) is 2. The van der Waals surface area contributed by atoms with Gasteiger partial charge in [-0.3, -0.25) is 14.5 Å². The van der Waals surface area contributed by atoms with Crippen LogP contribution in [0.4, 0.5) is 16.2 Å². The summed E-state index contributed by atoms with van der Waals surface area (Å²) in [7, 11) is 0. The Bertz CT molecular complexity index is 1070. The van der Waals surface area contributed by atoms with E-state index in [1.165, 1.54) is 11.3 Å². The Morgan fingerprint density at radius 1 is 1.22 bits per heavy atom. The molecule has 3 aliphatic rings. The van der Waals surface area contributed by atoms with Gasteiger partial charge >= 0.3 is 6.09 Å². The number of fused-ring (bicyclic) bond motifs is 3. The number of ketones is 1.